The Morgan fingerprint density at radius 2 is 0.787 bits per heavy atom. The first kappa shape index (κ1) is 28.3. The van der Waals surface area contributed by atoms with Crippen LogP contribution in [0, 0.1) is 13.8 Å². The van der Waals surface area contributed by atoms with Crippen LogP contribution in [0.5, 0.6) is 0 Å². The smallest absolute Gasteiger partial charge is 0.0930 e. The highest BCUT2D eigenvalue weighted by Crippen LogP contribution is 2.54. The first-order valence-corrected chi connectivity index (χ1v) is 16.6. The lowest BCUT2D eigenvalue weighted by atomic mass is 9.79. The molecule has 0 N–H and O–H groups in total. The van der Waals surface area contributed by atoms with Gasteiger partial charge < -0.3 is 0 Å². The summed E-state index contributed by atoms with van der Waals surface area (Å²) in [5, 5.41) is 0. The van der Waals surface area contributed by atoms with Crippen LogP contribution in [-0.4, -0.2) is 19.9 Å². The molecule has 4 heterocycles. The van der Waals surface area contributed by atoms with Gasteiger partial charge in [0.15, 0.2) is 0 Å². The SMILES string of the molecule is Cc1cc2c(cc1-c1cnc3c(c1)C(C)(C)c1cccnc1-3)C(C)(C)c1cc(-c3cnc4c(c3)C(C)(C)c3cccnc3-4)c(C)cc1-2. The summed E-state index contributed by atoms with van der Waals surface area (Å²) in [4.78, 5) is 19.4. The van der Waals surface area contributed by atoms with E-state index in [1.54, 1.807) is 0 Å². The molecule has 0 bridgehead atoms. The molecule has 0 saturated heterocycles. The molecule has 9 rings (SSSR count). The van der Waals surface area contributed by atoms with Crippen LogP contribution < -0.4 is 0 Å². The Bertz CT molecular complexity index is 2190. The minimum Gasteiger partial charge on any atom is -0.254 e. The highest BCUT2D eigenvalue weighted by molar-refractivity contribution is 5.89. The molecule has 0 spiro atoms. The summed E-state index contributed by atoms with van der Waals surface area (Å²) in [5.41, 5.74) is 21.3. The average Bonchev–Trinajstić information content (AvgIpc) is 3.52. The van der Waals surface area contributed by atoms with E-state index in [9.17, 15) is 0 Å². The van der Waals surface area contributed by atoms with Crippen molar-refractivity contribution < 1.29 is 0 Å². The molecule has 4 heteroatoms. The molecule has 4 nitrogen and oxygen atoms in total. The van der Waals surface area contributed by atoms with Crippen LogP contribution >= 0.6 is 0 Å². The molecule has 0 atom stereocenters. The van der Waals surface area contributed by atoms with Gasteiger partial charge in [0, 0.05) is 52.2 Å². The Morgan fingerprint density at radius 1 is 0.404 bits per heavy atom. The number of aromatic nitrogens is 4. The van der Waals surface area contributed by atoms with Crippen molar-refractivity contribution in [2.45, 2.75) is 71.6 Å². The number of hydrogen-bond donors (Lipinski definition) is 0. The van der Waals surface area contributed by atoms with Crippen LogP contribution in [0.1, 0.15) is 86.1 Å². The summed E-state index contributed by atoms with van der Waals surface area (Å²) in [5.74, 6) is 0. The van der Waals surface area contributed by atoms with Gasteiger partial charge in [0.1, 0.15) is 0 Å². The van der Waals surface area contributed by atoms with E-state index in [1.807, 2.05) is 36.9 Å². The minimum atomic E-state index is -0.164. The molecule has 47 heavy (non-hydrogen) atoms. The van der Waals surface area contributed by atoms with Gasteiger partial charge in [0.05, 0.1) is 22.8 Å². The summed E-state index contributed by atoms with van der Waals surface area (Å²) in [6.45, 7) is 18.4. The molecule has 4 aromatic heterocycles. The van der Waals surface area contributed by atoms with E-state index in [0.29, 0.717) is 0 Å². The van der Waals surface area contributed by atoms with Gasteiger partial charge >= 0.3 is 0 Å². The van der Waals surface area contributed by atoms with Crippen LogP contribution in [0.15, 0.2) is 85.5 Å². The molecule has 3 aliphatic rings. The maximum absolute atomic E-state index is 5.02. The van der Waals surface area contributed by atoms with Gasteiger partial charge in [-0.2, -0.15) is 0 Å². The summed E-state index contributed by atoms with van der Waals surface area (Å²) in [6, 6.07) is 22.8. The molecule has 230 valence electrons. The fourth-order valence-corrected chi connectivity index (χ4v) is 8.70. The molecule has 0 aliphatic heterocycles. The minimum absolute atomic E-state index is 0.142. The van der Waals surface area contributed by atoms with Gasteiger partial charge in [0.25, 0.3) is 0 Å². The molecule has 0 radical (unpaired) electrons. The van der Waals surface area contributed by atoms with Crippen LogP contribution in [0.3, 0.4) is 0 Å². The maximum atomic E-state index is 5.02. The quantitative estimate of drug-likeness (QED) is 0.196. The van der Waals surface area contributed by atoms with Crippen LogP contribution in [0.25, 0.3) is 56.2 Å². The molecule has 0 unspecified atom stereocenters. The monoisotopic (exact) mass is 610 g/mol. The zero-order chi connectivity index (χ0) is 32.6. The predicted octanol–water partition coefficient (Wildman–Crippen LogP) is 10.1. The molecule has 0 fully saturated rings. The molecular formula is C43H38N4. The van der Waals surface area contributed by atoms with Crippen molar-refractivity contribution in [2.75, 3.05) is 0 Å². The normalized spacial score (nSPS) is 16.6. The summed E-state index contributed by atoms with van der Waals surface area (Å²) in [7, 11) is 0. The fraction of sp³-hybridized carbons (Fsp3) is 0.256. The maximum Gasteiger partial charge on any atom is 0.0930 e. The van der Waals surface area contributed by atoms with Crippen molar-refractivity contribution in [3.63, 3.8) is 0 Å². The van der Waals surface area contributed by atoms with E-state index < -0.39 is 0 Å². The van der Waals surface area contributed by atoms with E-state index in [1.165, 1.54) is 66.8 Å². The number of aryl methyl sites for hydroxylation is 2. The van der Waals surface area contributed by atoms with E-state index in [2.05, 4.69) is 104 Å². The molecule has 6 aromatic rings. The third kappa shape index (κ3) is 3.64. The molecule has 0 saturated carbocycles. The van der Waals surface area contributed by atoms with Crippen LogP contribution in [0.4, 0.5) is 0 Å². The van der Waals surface area contributed by atoms with E-state index >= 15 is 0 Å². The van der Waals surface area contributed by atoms with Gasteiger partial charge in [-0.25, -0.2) is 0 Å². The zero-order valence-corrected chi connectivity index (χ0v) is 28.4. The Kier molecular flexibility index (Phi) is 5.47. The topological polar surface area (TPSA) is 51.6 Å². The van der Waals surface area contributed by atoms with Gasteiger partial charge in [0.2, 0.25) is 0 Å². The van der Waals surface area contributed by atoms with Crippen molar-refractivity contribution in [1.82, 2.24) is 19.9 Å². The largest absolute Gasteiger partial charge is 0.254 e. The van der Waals surface area contributed by atoms with Crippen molar-refractivity contribution in [1.29, 1.82) is 0 Å². The third-order valence-electron chi connectivity index (χ3n) is 11.5. The molecule has 3 aliphatic carbocycles. The lowest BCUT2D eigenvalue weighted by Crippen LogP contribution is -2.16. The van der Waals surface area contributed by atoms with Gasteiger partial charge in [-0.15, -0.1) is 0 Å². The van der Waals surface area contributed by atoms with Gasteiger partial charge in [-0.3, -0.25) is 19.9 Å². The first-order chi connectivity index (χ1) is 22.4. The number of rotatable bonds is 2. The number of pyridine rings is 4. The average molecular weight is 611 g/mol. The Labute approximate surface area is 277 Å². The number of hydrogen-bond acceptors (Lipinski definition) is 4. The molecule has 2 aromatic carbocycles. The number of nitrogens with zero attached hydrogens (tertiary/aromatic N) is 4. The zero-order valence-electron chi connectivity index (χ0n) is 28.4. The predicted molar refractivity (Wildman–Crippen MR) is 191 cm³/mol. The highest BCUT2D eigenvalue weighted by atomic mass is 14.8. The van der Waals surface area contributed by atoms with Crippen molar-refractivity contribution in [3.8, 4) is 56.2 Å². The first-order valence-electron chi connectivity index (χ1n) is 16.6. The van der Waals surface area contributed by atoms with E-state index in [4.69, 9.17) is 19.9 Å². The fourth-order valence-electron chi connectivity index (χ4n) is 8.70. The summed E-state index contributed by atoms with van der Waals surface area (Å²) >= 11 is 0. The van der Waals surface area contributed by atoms with E-state index in [-0.39, 0.29) is 16.2 Å². The standard InChI is InChI=1S/C43H38N4/c1-23-15-29-30-16-24(2)28(26-18-36-40(47-22-26)38-32(42(36,5)6)12-10-14-45-38)20-34(30)43(7,8)33(29)19-27(23)25-17-35-39(46-21-25)37-31(41(35,3)4)11-9-13-44-37/h9-22H,1-8H3. The Morgan fingerprint density at radius 3 is 1.21 bits per heavy atom. The third-order valence-corrected chi connectivity index (χ3v) is 11.5. The number of fused-ring (bicyclic) bond motifs is 9. The van der Waals surface area contributed by atoms with Gasteiger partial charge in [-0.1, -0.05) is 65.8 Å². The van der Waals surface area contributed by atoms with Crippen LogP contribution in [-0.2, 0) is 16.2 Å². The lowest BCUT2D eigenvalue weighted by molar-refractivity contribution is 0.657. The Balaban J connectivity index is 1.14. The van der Waals surface area contributed by atoms with Crippen molar-refractivity contribution in [2.24, 2.45) is 0 Å². The second-order valence-electron chi connectivity index (χ2n) is 15.3. The van der Waals surface area contributed by atoms with E-state index in [0.717, 1.165) is 33.9 Å². The highest BCUT2D eigenvalue weighted by Gasteiger charge is 2.40. The van der Waals surface area contributed by atoms with Crippen molar-refractivity contribution in [3.05, 3.63) is 130 Å². The second-order valence-corrected chi connectivity index (χ2v) is 15.3. The van der Waals surface area contributed by atoms with Crippen LogP contribution in [0.2, 0.25) is 0 Å². The molecular weight excluding hydrogens is 573 g/mol. The summed E-state index contributed by atoms with van der Waals surface area (Å²) < 4.78 is 0. The Hall–Kier alpha value is -4.96. The summed E-state index contributed by atoms with van der Waals surface area (Å²) in [6.07, 6.45) is 7.83. The number of benzene rings is 2. The van der Waals surface area contributed by atoms with Crippen molar-refractivity contribution >= 4 is 0 Å². The lowest BCUT2D eigenvalue weighted by Gasteiger charge is -2.24. The molecule has 0 amide bonds. The van der Waals surface area contributed by atoms with Gasteiger partial charge in [-0.05, 0) is 117 Å². The second kappa shape index (κ2) is 9.10.